The number of hydrogen-bond acceptors (Lipinski definition) is 7. The van der Waals surface area contributed by atoms with E-state index in [4.69, 9.17) is 4.74 Å². The smallest absolute Gasteiger partial charge is 0.338 e. The lowest BCUT2D eigenvalue weighted by Gasteiger charge is -2.09. The maximum Gasteiger partial charge on any atom is 0.338 e. The van der Waals surface area contributed by atoms with Crippen molar-refractivity contribution in [3.8, 4) is 0 Å². The van der Waals surface area contributed by atoms with Crippen LogP contribution in [0.1, 0.15) is 34.6 Å². The molecule has 0 radical (unpaired) electrons. The Morgan fingerprint density at radius 2 is 1.75 bits per heavy atom. The lowest BCUT2D eigenvalue weighted by molar-refractivity contribution is -0.384. The van der Waals surface area contributed by atoms with Gasteiger partial charge in [-0.25, -0.2) is 9.59 Å². The molecule has 0 aromatic heterocycles. The van der Waals surface area contributed by atoms with Crippen molar-refractivity contribution in [3.05, 3.63) is 39.4 Å². The van der Waals surface area contributed by atoms with Crippen LogP contribution in [0.4, 0.5) is 5.69 Å². The Morgan fingerprint density at radius 3 is 2.25 bits per heavy atom. The summed E-state index contributed by atoms with van der Waals surface area (Å²) in [5.74, 6) is -2.04. The third kappa shape index (κ3) is 5.67. The zero-order valence-electron chi connectivity index (χ0n) is 13.5. The van der Waals surface area contributed by atoms with E-state index in [1.54, 1.807) is 0 Å². The molecule has 0 aliphatic rings. The summed E-state index contributed by atoms with van der Waals surface area (Å²) in [4.78, 5) is 45.1. The number of benzene rings is 1. The van der Waals surface area contributed by atoms with Gasteiger partial charge in [0.05, 0.1) is 23.2 Å². The predicted molar refractivity (Wildman–Crippen MR) is 82.6 cm³/mol. The minimum Gasteiger partial charge on any atom is -0.465 e. The predicted octanol–water partition coefficient (Wildman–Crippen LogP) is 1.31. The number of nitro benzene ring substituents is 1. The number of amides is 1. The highest BCUT2D eigenvalue weighted by atomic mass is 16.6. The summed E-state index contributed by atoms with van der Waals surface area (Å²) in [5, 5.41) is 13.4. The summed E-state index contributed by atoms with van der Waals surface area (Å²) in [6.45, 7) is 3.72. The van der Waals surface area contributed by atoms with Crippen LogP contribution < -0.4 is 5.32 Å². The summed E-state index contributed by atoms with van der Waals surface area (Å²) in [6.07, 6.45) is 0. The molecule has 9 heteroatoms. The van der Waals surface area contributed by atoms with Gasteiger partial charge in [-0.05, 0) is 12.0 Å². The van der Waals surface area contributed by atoms with E-state index in [1.807, 2.05) is 13.8 Å². The molecule has 0 bridgehead atoms. The van der Waals surface area contributed by atoms with Gasteiger partial charge in [0.25, 0.3) is 11.6 Å². The largest absolute Gasteiger partial charge is 0.465 e. The van der Waals surface area contributed by atoms with Gasteiger partial charge in [0.1, 0.15) is 0 Å². The van der Waals surface area contributed by atoms with E-state index in [1.165, 1.54) is 0 Å². The van der Waals surface area contributed by atoms with Crippen molar-refractivity contribution in [1.29, 1.82) is 0 Å². The summed E-state index contributed by atoms with van der Waals surface area (Å²) >= 11 is 0. The number of carbonyl (C=O) groups is 3. The number of carbonyl (C=O) groups excluding carboxylic acids is 3. The number of methoxy groups -OCH3 is 1. The molecular formula is C15H18N2O7. The molecule has 0 aliphatic carbocycles. The van der Waals surface area contributed by atoms with Crippen molar-refractivity contribution < 1.29 is 28.8 Å². The standard InChI is InChI=1S/C15H18N2O7/c1-9(2)7-16-13(18)8-24-15(20)11-4-10(14(19)23-3)5-12(6-11)17(21)22/h4-6,9H,7-8H2,1-3H3,(H,16,18). The second kappa shape index (κ2) is 8.61. The Labute approximate surface area is 138 Å². The van der Waals surface area contributed by atoms with Crippen LogP contribution >= 0.6 is 0 Å². The average molecular weight is 338 g/mol. The van der Waals surface area contributed by atoms with Crippen molar-refractivity contribution in [2.75, 3.05) is 20.3 Å². The summed E-state index contributed by atoms with van der Waals surface area (Å²) in [5.41, 5.74) is -0.849. The van der Waals surface area contributed by atoms with Crippen LogP contribution in [0.5, 0.6) is 0 Å². The lowest BCUT2D eigenvalue weighted by Crippen LogP contribution is -2.31. The van der Waals surface area contributed by atoms with E-state index in [0.29, 0.717) is 6.54 Å². The van der Waals surface area contributed by atoms with E-state index < -0.39 is 35.1 Å². The number of nitrogens with zero attached hydrogens (tertiary/aromatic N) is 1. The molecule has 130 valence electrons. The van der Waals surface area contributed by atoms with Crippen molar-refractivity contribution in [2.24, 2.45) is 5.92 Å². The van der Waals surface area contributed by atoms with Gasteiger partial charge in [0.15, 0.2) is 6.61 Å². The van der Waals surface area contributed by atoms with Crippen LogP contribution in [-0.4, -0.2) is 43.0 Å². The van der Waals surface area contributed by atoms with Gasteiger partial charge in [0.2, 0.25) is 0 Å². The molecule has 1 aromatic rings. The third-order valence-electron chi connectivity index (χ3n) is 2.83. The van der Waals surface area contributed by atoms with E-state index in [9.17, 15) is 24.5 Å². The molecule has 0 unspecified atom stereocenters. The number of nitro groups is 1. The molecule has 0 saturated heterocycles. The fourth-order valence-corrected chi connectivity index (χ4v) is 1.65. The Bertz CT molecular complexity index is 655. The molecule has 1 aromatic carbocycles. The number of hydrogen-bond donors (Lipinski definition) is 1. The van der Waals surface area contributed by atoms with Crippen molar-refractivity contribution in [2.45, 2.75) is 13.8 Å². The highest BCUT2D eigenvalue weighted by molar-refractivity contribution is 5.97. The zero-order chi connectivity index (χ0) is 18.3. The second-order valence-electron chi connectivity index (χ2n) is 5.29. The van der Waals surface area contributed by atoms with Gasteiger partial charge < -0.3 is 14.8 Å². The summed E-state index contributed by atoms with van der Waals surface area (Å²) < 4.78 is 9.28. The Hall–Kier alpha value is -2.97. The molecule has 0 atom stereocenters. The first kappa shape index (κ1) is 19.1. The molecule has 0 saturated carbocycles. The molecule has 9 nitrogen and oxygen atoms in total. The highest BCUT2D eigenvalue weighted by Gasteiger charge is 2.19. The minimum absolute atomic E-state index is 0.164. The van der Waals surface area contributed by atoms with Crippen molar-refractivity contribution >= 4 is 23.5 Å². The third-order valence-corrected chi connectivity index (χ3v) is 2.83. The van der Waals surface area contributed by atoms with Gasteiger partial charge in [-0.2, -0.15) is 0 Å². The average Bonchev–Trinajstić information content (AvgIpc) is 2.56. The molecule has 24 heavy (non-hydrogen) atoms. The number of ether oxygens (including phenoxy) is 2. The fraction of sp³-hybridized carbons (Fsp3) is 0.400. The SMILES string of the molecule is COC(=O)c1cc(C(=O)OCC(=O)NCC(C)C)cc([N+](=O)[O-])c1. The molecule has 0 heterocycles. The normalized spacial score (nSPS) is 10.2. The van der Waals surface area contributed by atoms with Gasteiger partial charge in [-0.15, -0.1) is 0 Å². The van der Waals surface area contributed by atoms with Crippen molar-refractivity contribution in [1.82, 2.24) is 5.32 Å². The molecular weight excluding hydrogens is 320 g/mol. The van der Waals surface area contributed by atoms with Crippen LogP contribution in [0.25, 0.3) is 0 Å². The molecule has 1 N–H and O–H groups in total. The van der Waals surface area contributed by atoms with Crippen molar-refractivity contribution in [3.63, 3.8) is 0 Å². The first-order chi connectivity index (χ1) is 11.2. The number of rotatable bonds is 7. The van der Waals surface area contributed by atoms with Gasteiger partial charge in [-0.3, -0.25) is 14.9 Å². The van der Waals surface area contributed by atoms with E-state index in [-0.39, 0.29) is 17.0 Å². The fourth-order valence-electron chi connectivity index (χ4n) is 1.65. The highest BCUT2D eigenvalue weighted by Crippen LogP contribution is 2.18. The lowest BCUT2D eigenvalue weighted by atomic mass is 10.1. The van der Waals surface area contributed by atoms with Gasteiger partial charge in [-0.1, -0.05) is 13.8 Å². The molecule has 1 amide bonds. The monoisotopic (exact) mass is 338 g/mol. The van der Waals surface area contributed by atoms with E-state index >= 15 is 0 Å². The number of esters is 2. The zero-order valence-corrected chi connectivity index (χ0v) is 13.5. The number of non-ortho nitro benzene ring substituents is 1. The summed E-state index contributed by atoms with van der Waals surface area (Å²) in [6, 6.07) is 3.05. The number of nitrogens with one attached hydrogen (secondary N) is 1. The first-order valence-electron chi connectivity index (χ1n) is 7.06. The second-order valence-corrected chi connectivity index (χ2v) is 5.29. The Balaban J connectivity index is 2.86. The maximum absolute atomic E-state index is 11.9. The van der Waals surface area contributed by atoms with E-state index in [2.05, 4.69) is 10.1 Å². The minimum atomic E-state index is -0.955. The topological polar surface area (TPSA) is 125 Å². The molecule has 0 aliphatic heterocycles. The van der Waals surface area contributed by atoms with Gasteiger partial charge in [0, 0.05) is 18.7 Å². The van der Waals surface area contributed by atoms with Crippen LogP contribution in [0.2, 0.25) is 0 Å². The van der Waals surface area contributed by atoms with Gasteiger partial charge >= 0.3 is 11.9 Å². The Kier molecular flexibility index (Phi) is 6.84. The molecule has 0 spiro atoms. The van der Waals surface area contributed by atoms with E-state index in [0.717, 1.165) is 25.3 Å². The van der Waals surface area contributed by atoms with Crippen LogP contribution in [-0.2, 0) is 14.3 Å². The van der Waals surface area contributed by atoms with Crippen LogP contribution in [0, 0.1) is 16.0 Å². The quantitative estimate of drug-likeness (QED) is 0.451. The van der Waals surface area contributed by atoms with Crippen LogP contribution in [0.3, 0.4) is 0 Å². The molecule has 1 rings (SSSR count). The molecule has 0 fully saturated rings. The first-order valence-corrected chi connectivity index (χ1v) is 7.06. The van der Waals surface area contributed by atoms with Crippen LogP contribution in [0.15, 0.2) is 18.2 Å². The maximum atomic E-state index is 11.9. The summed E-state index contributed by atoms with van der Waals surface area (Å²) in [7, 11) is 1.11. The Morgan fingerprint density at radius 1 is 1.17 bits per heavy atom.